The average Bonchev–Trinajstić information content (AvgIpc) is 3.32. The van der Waals surface area contributed by atoms with E-state index in [4.69, 9.17) is 27.9 Å². The maximum Gasteiger partial charge on any atom is 0.410 e. The molecule has 3 heterocycles. The highest BCUT2D eigenvalue weighted by Crippen LogP contribution is 2.29. The van der Waals surface area contributed by atoms with Gasteiger partial charge in [-0.3, -0.25) is 14.7 Å². The summed E-state index contributed by atoms with van der Waals surface area (Å²) in [5, 5.41) is 13.2. The molecule has 4 rings (SSSR count). The Morgan fingerprint density at radius 3 is 2.35 bits per heavy atom. The SMILES string of the molecule is CC1CN(c2ccc(Cl)c(Cl)c2)N=C1NC(=O)CCCNC(=O)N1CCC(CN2CCN(C(=O)OC(C)(C)C)CC2)CC1. The quantitative estimate of drug-likeness (QED) is 0.422. The van der Waals surface area contributed by atoms with Gasteiger partial charge in [-0.25, -0.2) is 9.59 Å². The fourth-order valence-electron chi connectivity index (χ4n) is 5.46. The van der Waals surface area contributed by atoms with Gasteiger partial charge in [-0.2, -0.15) is 5.10 Å². The van der Waals surface area contributed by atoms with E-state index in [1.54, 1.807) is 22.0 Å². The molecular weight excluding hydrogens is 593 g/mol. The Morgan fingerprint density at radius 1 is 1.00 bits per heavy atom. The molecule has 0 aromatic heterocycles. The summed E-state index contributed by atoms with van der Waals surface area (Å²) < 4.78 is 5.49. The van der Waals surface area contributed by atoms with Crippen LogP contribution >= 0.6 is 23.2 Å². The van der Waals surface area contributed by atoms with E-state index in [-0.39, 0.29) is 23.9 Å². The van der Waals surface area contributed by atoms with Crippen LogP contribution in [0.2, 0.25) is 10.0 Å². The van der Waals surface area contributed by atoms with E-state index >= 15 is 0 Å². The molecule has 1 aromatic carbocycles. The minimum absolute atomic E-state index is 0.0582. The highest BCUT2D eigenvalue weighted by molar-refractivity contribution is 6.42. The monoisotopic (exact) mass is 637 g/mol. The number of hydrogen-bond donors (Lipinski definition) is 2. The summed E-state index contributed by atoms with van der Waals surface area (Å²) in [6, 6.07) is 5.26. The van der Waals surface area contributed by atoms with Crippen molar-refractivity contribution in [3.05, 3.63) is 28.2 Å². The number of carbonyl (C=O) groups is 3. The first-order chi connectivity index (χ1) is 20.4. The molecule has 0 radical (unpaired) electrons. The van der Waals surface area contributed by atoms with E-state index in [1.165, 1.54) is 0 Å². The Bertz CT molecular complexity index is 1180. The lowest BCUT2D eigenvalue weighted by Crippen LogP contribution is -2.52. The number of piperazine rings is 1. The van der Waals surface area contributed by atoms with Crippen molar-refractivity contribution < 1.29 is 19.1 Å². The smallest absolute Gasteiger partial charge is 0.410 e. The van der Waals surface area contributed by atoms with Gasteiger partial charge in [-0.1, -0.05) is 30.1 Å². The van der Waals surface area contributed by atoms with Crippen LogP contribution in [0.15, 0.2) is 23.3 Å². The van der Waals surface area contributed by atoms with E-state index in [0.717, 1.165) is 51.3 Å². The van der Waals surface area contributed by atoms with Crippen molar-refractivity contribution in [2.75, 3.05) is 63.9 Å². The maximum atomic E-state index is 12.7. The zero-order valence-corrected chi connectivity index (χ0v) is 27.2. The first kappa shape index (κ1) is 33.1. The molecule has 3 aliphatic rings. The van der Waals surface area contributed by atoms with E-state index in [1.807, 2.05) is 38.7 Å². The number of anilines is 1. The van der Waals surface area contributed by atoms with Crippen molar-refractivity contribution in [1.82, 2.24) is 25.3 Å². The number of likely N-dealkylation sites (tertiary alicyclic amines) is 1. The summed E-state index contributed by atoms with van der Waals surface area (Å²) in [5.74, 6) is 1.09. The third-order valence-corrected chi connectivity index (χ3v) is 8.65. The molecule has 1 unspecified atom stereocenters. The van der Waals surface area contributed by atoms with Crippen LogP contribution in [0.25, 0.3) is 0 Å². The van der Waals surface area contributed by atoms with E-state index in [0.29, 0.717) is 60.8 Å². The molecular formula is C30H45Cl2N7O4. The van der Waals surface area contributed by atoms with Crippen LogP contribution < -0.4 is 15.6 Å². The minimum Gasteiger partial charge on any atom is -0.444 e. The number of halogens is 2. The van der Waals surface area contributed by atoms with Gasteiger partial charge in [0.05, 0.1) is 22.3 Å². The van der Waals surface area contributed by atoms with Crippen molar-refractivity contribution >= 4 is 52.8 Å². The van der Waals surface area contributed by atoms with Gasteiger partial charge in [0.25, 0.3) is 0 Å². The highest BCUT2D eigenvalue weighted by atomic mass is 35.5. The number of piperidine rings is 1. The van der Waals surface area contributed by atoms with Crippen LogP contribution in [0.5, 0.6) is 0 Å². The number of nitrogens with one attached hydrogen (secondary N) is 2. The molecule has 0 spiro atoms. The Balaban J connectivity index is 1.08. The molecule has 238 valence electrons. The van der Waals surface area contributed by atoms with Gasteiger partial charge in [-0.15, -0.1) is 0 Å². The van der Waals surface area contributed by atoms with Gasteiger partial charge in [0, 0.05) is 64.7 Å². The van der Waals surface area contributed by atoms with Gasteiger partial charge in [-0.05, 0) is 64.2 Å². The fraction of sp³-hybridized carbons (Fsp3) is 0.667. The predicted molar refractivity (Wildman–Crippen MR) is 170 cm³/mol. The molecule has 13 heteroatoms. The lowest BCUT2D eigenvalue weighted by Gasteiger charge is -2.39. The fourth-order valence-corrected chi connectivity index (χ4v) is 5.75. The topological polar surface area (TPSA) is 110 Å². The summed E-state index contributed by atoms with van der Waals surface area (Å²) in [5.41, 5.74) is 0.334. The number of urea groups is 1. The number of hydrogen-bond acceptors (Lipinski definition) is 7. The molecule has 0 aliphatic carbocycles. The zero-order valence-electron chi connectivity index (χ0n) is 25.7. The lowest BCUT2D eigenvalue weighted by molar-refractivity contribution is -0.119. The van der Waals surface area contributed by atoms with Crippen LogP contribution in [-0.4, -0.2) is 103 Å². The third kappa shape index (κ3) is 9.87. The van der Waals surface area contributed by atoms with E-state index in [2.05, 4.69) is 20.6 Å². The van der Waals surface area contributed by atoms with Gasteiger partial charge in [0.15, 0.2) is 0 Å². The number of carbonyl (C=O) groups excluding carboxylic acids is 3. The predicted octanol–water partition coefficient (Wildman–Crippen LogP) is 4.63. The van der Waals surface area contributed by atoms with Crippen molar-refractivity contribution in [1.29, 1.82) is 0 Å². The minimum atomic E-state index is -0.481. The normalized spacial score (nSPS) is 20.2. The molecule has 0 bridgehead atoms. The van der Waals surface area contributed by atoms with E-state index < -0.39 is 5.60 Å². The van der Waals surface area contributed by atoms with Crippen molar-refractivity contribution in [3.63, 3.8) is 0 Å². The number of amides is 4. The molecule has 4 amide bonds. The Morgan fingerprint density at radius 2 is 1.70 bits per heavy atom. The maximum absolute atomic E-state index is 12.7. The van der Waals surface area contributed by atoms with Gasteiger partial charge >= 0.3 is 12.1 Å². The molecule has 11 nitrogen and oxygen atoms in total. The largest absolute Gasteiger partial charge is 0.444 e. The molecule has 2 N–H and O–H groups in total. The lowest BCUT2D eigenvalue weighted by atomic mass is 9.96. The summed E-state index contributed by atoms with van der Waals surface area (Å²) in [6.45, 7) is 14.2. The standard InChI is InChI=1S/C30H45Cl2N7O4/c1-21-19-39(23-7-8-24(31)25(32)18-23)35-27(21)34-26(40)6-5-11-33-28(41)37-12-9-22(10-13-37)20-36-14-16-38(17-15-36)29(42)43-30(2,3)4/h7-8,18,21-22H,5-6,9-17,19-20H2,1-4H3,(H,33,41)(H,34,35,40). The molecule has 0 saturated carbocycles. The third-order valence-electron chi connectivity index (χ3n) is 7.91. The molecule has 1 aromatic rings. The van der Waals surface area contributed by atoms with Crippen LogP contribution in [0.4, 0.5) is 15.3 Å². The summed E-state index contributed by atoms with van der Waals surface area (Å²) in [4.78, 5) is 43.6. The molecule has 2 saturated heterocycles. The number of rotatable bonds is 7. The number of benzene rings is 1. The van der Waals surface area contributed by atoms with Gasteiger partial charge < -0.3 is 25.2 Å². The molecule has 3 aliphatic heterocycles. The summed E-state index contributed by atoms with van der Waals surface area (Å²) in [7, 11) is 0. The number of nitrogens with zero attached hydrogens (tertiary/aromatic N) is 5. The number of hydrazone groups is 1. The molecule has 43 heavy (non-hydrogen) atoms. The van der Waals surface area contributed by atoms with Gasteiger partial charge in [0.1, 0.15) is 11.4 Å². The van der Waals surface area contributed by atoms with Crippen molar-refractivity contribution in [2.24, 2.45) is 16.9 Å². The van der Waals surface area contributed by atoms with Crippen molar-refractivity contribution in [2.45, 2.75) is 59.0 Å². The second kappa shape index (κ2) is 14.8. The molecule has 1 atom stereocenters. The van der Waals surface area contributed by atoms with Crippen LogP contribution in [0, 0.1) is 11.8 Å². The zero-order chi connectivity index (χ0) is 31.1. The second-order valence-corrected chi connectivity index (χ2v) is 13.5. The Labute approximate surface area is 264 Å². The Kier molecular flexibility index (Phi) is 11.4. The second-order valence-electron chi connectivity index (χ2n) is 12.6. The van der Waals surface area contributed by atoms with Crippen molar-refractivity contribution in [3.8, 4) is 0 Å². The number of ether oxygens (including phenoxy) is 1. The first-order valence-corrected chi connectivity index (χ1v) is 16.0. The number of amidine groups is 1. The van der Waals surface area contributed by atoms with Crippen LogP contribution in [0.1, 0.15) is 53.4 Å². The van der Waals surface area contributed by atoms with E-state index in [9.17, 15) is 14.4 Å². The van der Waals surface area contributed by atoms with Crippen LogP contribution in [0.3, 0.4) is 0 Å². The first-order valence-electron chi connectivity index (χ1n) is 15.2. The Hall–Kier alpha value is -2.76. The van der Waals surface area contributed by atoms with Gasteiger partial charge in [0.2, 0.25) is 5.91 Å². The van der Waals surface area contributed by atoms with Crippen LogP contribution in [-0.2, 0) is 9.53 Å². The summed E-state index contributed by atoms with van der Waals surface area (Å²) in [6.07, 6.45) is 2.52. The average molecular weight is 639 g/mol. The highest BCUT2D eigenvalue weighted by Gasteiger charge is 2.29. The summed E-state index contributed by atoms with van der Waals surface area (Å²) >= 11 is 12.1. The molecule has 2 fully saturated rings.